The van der Waals surface area contributed by atoms with E-state index in [0.717, 1.165) is 5.56 Å². The number of rotatable bonds is 5. The first-order valence-corrected chi connectivity index (χ1v) is 5.76. The Morgan fingerprint density at radius 1 is 1.35 bits per heavy atom. The summed E-state index contributed by atoms with van der Waals surface area (Å²) < 4.78 is 46.4. The molecule has 6 heteroatoms. The van der Waals surface area contributed by atoms with E-state index in [1.807, 2.05) is 0 Å². The minimum absolute atomic E-state index is 0.120. The highest BCUT2D eigenvalue weighted by atomic mass is 79.9. The molecule has 1 unspecified atom stereocenters. The molecule has 0 spiro atoms. The molecule has 0 saturated carbocycles. The Kier molecular flexibility index (Phi) is 5.27. The van der Waals surface area contributed by atoms with Crippen molar-refractivity contribution >= 4 is 15.9 Å². The molecule has 96 valence electrons. The lowest BCUT2D eigenvalue weighted by Crippen LogP contribution is -2.27. The summed E-state index contributed by atoms with van der Waals surface area (Å²) in [6.45, 7) is -0.296. The van der Waals surface area contributed by atoms with Crippen LogP contribution in [0, 0.1) is 0 Å². The first-order chi connectivity index (χ1) is 7.93. The summed E-state index contributed by atoms with van der Waals surface area (Å²) in [6, 6.07) is 7.00. The lowest BCUT2D eigenvalue weighted by Gasteiger charge is -2.14. The van der Waals surface area contributed by atoms with Crippen LogP contribution in [0.3, 0.4) is 0 Å². The predicted octanol–water partition coefficient (Wildman–Crippen LogP) is 3.54. The average molecular weight is 313 g/mol. The molecular formula is C11H12BrF3O2. The largest absolute Gasteiger partial charge is 0.497 e. The lowest BCUT2D eigenvalue weighted by atomic mass is 10.2. The van der Waals surface area contributed by atoms with Crippen molar-refractivity contribution in [3.8, 4) is 5.75 Å². The van der Waals surface area contributed by atoms with E-state index in [2.05, 4.69) is 15.9 Å². The normalized spacial score (nSPS) is 13.5. The van der Waals surface area contributed by atoms with Crippen molar-refractivity contribution in [1.29, 1.82) is 0 Å². The van der Waals surface area contributed by atoms with Gasteiger partial charge in [-0.2, -0.15) is 13.2 Å². The fourth-order valence-corrected chi connectivity index (χ4v) is 1.32. The lowest BCUT2D eigenvalue weighted by molar-refractivity contribution is -0.138. The van der Waals surface area contributed by atoms with Crippen LogP contribution in [-0.2, 0) is 11.3 Å². The summed E-state index contributed by atoms with van der Waals surface area (Å²) in [4.78, 5) is -1.64. The second kappa shape index (κ2) is 6.26. The molecule has 0 heterocycles. The van der Waals surface area contributed by atoms with Crippen LogP contribution in [-0.4, -0.2) is 24.7 Å². The zero-order valence-electron chi connectivity index (χ0n) is 9.13. The smallest absolute Gasteiger partial charge is 0.403 e. The second-order valence-electron chi connectivity index (χ2n) is 3.38. The Morgan fingerprint density at radius 2 is 2.06 bits per heavy atom. The van der Waals surface area contributed by atoms with Crippen molar-refractivity contribution in [2.24, 2.45) is 0 Å². The molecule has 0 amide bonds. The summed E-state index contributed by atoms with van der Waals surface area (Å²) >= 11 is 2.53. The van der Waals surface area contributed by atoms with E-state index in [-0.39, 0.29) is 6.61 Å². The van der Waals surface area contributed by atoms with Gasteiger partial charge in [0, 0.05) is 0 Å². The van der Waals surface area contributed by atoms with E-state index in [9.17, 15) is 13.2 Å². The molecule has 0 fully saturated rings. The second-order valence-corrected chi connectivity index (χ2v) is 4.48. The van der Waals surface area contributed by atoms with Gasteiger partial charge in [-0.25, -0.2) is 0 Å². The number of ether oxygens (including phenoxy) is 2. The Balaban J connectivity index is 2.40. The Labute approximate surface area is 106 Å². The molecule has 2 nitrogen and oxygen atoms in total. The third-order valence-corrected chi connectivity index (χ3v) is 2.81. The molecule has 0 aliphatic carbocycles. The summed E-state index contributed by atoms with van der Waals surface area (Å²) in [7, 11) is 1.53. The summed E-state index contributed by atoms with van der Waals surface area (Å²) in [6.07, 6.45) is -4.28. The fourth-order valence-electron chi connectivity index (χ4n) is 1.14. The first-order valence-electron chi connectivity index (χ1n) is 4.85. The molecule has 0 aliphatic heterocycles. The van der Waals surface area contributed by atoms with Gasteiger partial charge in [-0.3, -0.25) is 0 Å². The highest BCUT2D eigenvalue weighted by Crippen LogP contribution is 2.26. The van der Waals surface area contributed by atoms with Gasteiger partial charge in [-0.15, -0.1) is 0 Å². The maximum Gasteiger partial charge on any atom is 0.403 e. The third kappa shape index (κ3) is 4.95. The molecule has 1 atom stereocenters. The molecule has 0 saturated heterocycles. The van der Waals surface area contributed by atoms with E-state index in [0.29, 0.717) is 5.75 Å². The molecule has 1 aromatic carbocycles. The van der Waals surface area contributed by atoms with E-state index in [4.69, 9.17) is 9.47 Å². The van der Waals surface area contributed by atoms with Gasteiger partial charge >= 0.3 is 6.18 Å². The molecule has 17 heavy (non-hydrogen) atoms. The zero-order chi connectivity index (χ0) is 12.9. The highest BCUT2D eigenvalue weighted by Gasteiger charge is 2.37. The molecule has 0 bridgehead atoms. The zero-order valence-corrected chi connectivity index (χ0v) is 10.7. The standard InChI is InChI=1S/C11H12BrF3O2/c1-16-9-4-2-3-8(5-9)6-17-7-10(12)11(13,14)15/h2-5,10H,6-7H2,1H3. The van der Waals surface area contributed by atoms with Gasteiger partial charge in [0.1, 0.15) is 10.6 Å². The average Bonchev–Trinajstić information content (AvgIpc) is 2.28. The monoisotopic (exact) mass is 312 g/mol. The van der Waals surface area contributed by atoms with Crippen molar-refractivity contribution in [3.63, 3.8) is 0 Å². The van der Waals surface area contributed by atoms with Crippen molar-refractivity contribution in [2.45, 2.75) is 17.6 Å². The number of methoxy groups -OCH3 is 1. The quantitative estimate of drug-likeness (QED) is 0.774. The molecule has 0 aliphatic rings. The Morgan fingerprint density at radius 3 is 2.65 bits per heavy atom. The molecule has 0 radical (unpaired) electrons. The van der Waals surface area contributed by atoms with Gasteiger partial charge in [-0.1, -0.05) is 28.1 Å². The molecular weight excluding hydrogens is 301 g/mol. The van der Waals surface area contributed by atoms with Crippen LogP contribution in [0.25, 0.3) is 0 Å². The summed E-state index contributed by atoms with van der Waals surface area (Å²) in [5.41, 5.74) is 0.770. The van der Waals surface area contributed by atoms with Crippen molar-refractivity contribution in [2.75, 3.05) is 13.7 Å². The number of hydrogen-bond donors (Lipinski definition) is 0. The van der Waals surface area contributed by atoms with E-state index in [1.165, 1.54) is 7.11 Å². The van der Waals surface area contributed by atoms with Crippen LogP contribution in [0.2, 0.25) is 0 Å². The maximum absolute atomic E-state index is 12.1. The van der Waals surface area contributed by atoms with Crippen LogP contribution < -0.4 is 4.74 Å². The molecule has 0 N–H and O–H groups in total. The third-order valence-electron chi connectivity index (χ3n) is 2.02. The summed E-state index contributed by atoms with van der Waals surface area (Å²) in [5, 5.41) is 0. The number of halogens is 4. The van der Waals surface area contributed by atoms with Gasteiger partial charge in [0.15, 0.2) is 0 Å². The van der Waals surface area contributed by atoms with Gasteiger partial charge < -0.3 is 9.47 Å². The number of alkyl halides is 4. The van der Waals surface area contributed by atoms with Crippen LogP contribution in [0.4, 0.5) is 13.2 Å². The summed E-state index contributed by atoms with van der Waals surface area (Å²) in [5.74, 6) is 0.650. The number of hydrogen-bond acceptors (Lipinski definition) is 2. The van der Waals surface area contributed by atoms with Gasteiger partial charge in [-0.05, 0) is 17.7 Å². The van der Waals surface area contributed by atoms with Crippen molar-refractivity contribution in [3.05, 3.63) is 29.8 Å². The van der Waals surface area contributed by atoms with E-state index >= 15 is 0 Å². The van der Waals surface area contributed by atoms with Gasteiger partial charge in [0.25, 0.3) is 0 Å². The van der Waals surface area contributed by atoms with E-state index in [1.54, 1.807) is 24.3 Å². The molecule has 1 aromatic rings. The Bertz CT molecular complexity index is 355. The first kappa shape index (κ1) is 14.3. The van der Waals surface area contributed by atoms with Crippen LogP contribution in [0.1, 0.15) is 5.56 Å². The topological polar surface area (TPSA) is 18.5 Å². The van der Waals surface area contributed by atoms with Crippen molar-refractivity contribution in [1.82, 2.24) is 0 Å². The molecule has 1 rings (SSSR count). The van der Waals surface area contributed by atoms with Crippen molar-refractivity contribution < 1.29 is 22.6 Å². The highest BCUT2D eigenvalue weighted by molar-refractivity contribution is 9.09. The minimum atomic E-state index is -4.28. The SMILES string of the molecule is COc1cccc(COCC(Br)C(F)(F)F)c1. The molecule has 0 aromatic heterocycles. The van der Waals surface area contributed by atoms with Crippen LogP contribution in [0.15, 0.2) is 24.3 Å². The van der Waals surface area contributed by atoms with E-state index < -0.39 is 17.6 Å². The van der Waals surface area contributed by atoms with Gasteiger partial charge in [0.2, 0.25) is 0 Å². The Hall–Kier alpha value is -0.750. The van der Waals surface area contributed by atoms with Crippen LogP contribution >= 0.6 is 15.9 Å². The predicted molar refractivity (Wildman–Crippen MR) is 61.4 cm³/mol. The van der Waals surface area contributed by atoms with Gasteiger partial charge in [0.05, 0.1) is 20.3 Å². The number of benzene rings is 1. The minimum Gasteiger partial charge on any atom is -0.497 e. The fraction of sp³-hybridized carbons (Fsp3) is 0.455. The van der Waals surface area contributed by atoms with Crippen LogP contribution in [0.5, 0.6) is 5.75 Å². The maximum atomic E-state index is 12.1.